The summed E-state index contributed by atoms with van der Waals surface area (Å²) < 4.78 is 0. The molecule has 86 valence electrons. The third kappa shape index (κ3) is 1.94. The van der Waals surface area contributed by atoms with E-state index in [4.69, 9.17) is 5.11 Å². The molecule has 0 bridgehead atoms. The number of carbonyl (C=O) groups is 1. The molecule has 1 aliphatic rings. The second-order valence-electron chi connectivity index (χ2n) is 5.53. The van der Waals surface area contributed by atoms with Crippen LogP contribution in [0.3, 0.4) is 0 Å². The number of hydrogen-bond acceptors (Lipinski definition) is 2. The maximum atomic E-state index is 10.9. The van der Waals surface area contributed by atoms with E-state index in [0.29, 0.717) is 12.8 Å². The molecule has 0 aliphatic heterocycles. The second-order valence-corrected chi connectivity index (χ2v) is 5.53. The van der Waals surface area contributed by atoms with E-state index >= 15 is 0 Å². The van der Waals surface area contributed by atoms with Crippen molar-refractivity contribution in [2.45, 2.75) is 39.0 Å². The molecule has 3 nitrogen and oxygen atoms in total. The first-order chi connectivity index (χ1) is 7.38. The van der Waals surface area contributed by atoms with E-state index in [1.165, 1.54) is 0 Å². The lowest BCUT2D eigenvalue weighted by molar-refractivity contribution is -0.141. The van der Waals surface area contributed by atoms with E-state index in [1.54, 1.807) is 0 Å². The van der Waals surface area contributed by atoms with Crippen molar-refractivity contribution in [1.29, 1.82) is 0 Å². The van der Waals surface area contributed by atoms with Crippen LogP contribution in [0.4, 0.5) is 0 Å². The molecule has 0 spiro atoms. The molecule has 2 rings (SSSR count). The topological polar surface area (TPSA) is 50.2 Å². The summed E-state index contributed by atoms with van der Waals surface area (Å²) >= 11 is 0. The van der Waals surface area contributed by atoms with E-state index < -0.39 is 5.97 Å². The van der Waals surface area contributed by atoms with Crippen LogP contribution in [0.1, 0.15) is 37.6 Å². The van der Waals surface area contributed by atoms with Crippen LogP contribution in [0.25, 0.3) is 0 Å². The number of rotatable bonds is 1. The Morgan fingerprint density at radius 2 is 2.00 bits per heavy atom. The summed E-state index contributed by atoms with van der Waals surface area (Å²) in [4.78, 5) is 15.4. The van der Waals surface area contributed by atoms with Crippen LogP contribution in [-0.2, 0) is 23.1 Å². The third-order valence-corrected chi connectivity index (χ3v) is 3.13. The quantitative estimate of drug-likeness (QED) is 0.787. The van der Waals surface area contributed by atoms with E-state index in [2.05, 4.69) is 31.8 Å². The highest BCUT2D eigenvalue weighted by atomic mass is 16.4. The molecule has 0 amide bonds. The zero-order valence-electron chi connectivity index (χ0n) is 9.95. The Bertz CT molecular complexity index is 432. The van der Waals surface area contributed by atoms with Crippen molar-refractivity contribution in [3.8, 4) is 0 Å². The lowest BCUT2D eigenvalue weighted by Gasteiger charge is -2.18. The van der Waals surface area contributed by atoms with Crippen LogP contribution in [0.2, 0.25) is 0 Å². The molecule has 16 heavy (non-hydrogen) atoms. The molecule has 3 heteroatoms. The van der Waals surface area contributed by atoms with Gasteiger partial charge in [0.05, 0.1) is 5.92 Å². The van der Waals surface area contributed by atoms with Crippen molar-refractivity contribution >= 4 is 5.97 Å². The number of pyridine rings is 1. The average molecular weight is 219 g/mol. The van der Waals surface area contributed by atoms with Gasteiger partial charge in [0.25, 0.3) is 0 Å². The summed E-state index contributed by atoms with van der Waals surface area (Å²) in [5.41, 5.74) is 3.32. The summed E-state index contributed by atoms with van der Waals surface area (Å²) in [5.74, 6) is -0.958. The Morgan fingerprint density at radius 3 is 2.56 bits per heavy atom. The van der Waals surface area contributed by atoms with E-state index in [-0.39, 0.29) is 11.3 Å². The number of fused-ring (bicyclic) bond motifs is 1. The van der Waals surface area contributed by atoms with Crippen molar-refractivity contribution in [2.75, 3.05) is 0 Å². The van der Waals surface area contributed by atoms with Gasteiger partial charge >= 0.3 is 5.97 Å². The van der Waals surface area contributed by atoms with Gasteiger partial charge in [0.1, 0.15) is 0 Å². The Hall–Kier alpha value is -1.38. The summed E-state index contributed by atoms with van der Waals surface area (Å²) in [6.07, 6.45) is 3.12. The number of carboxylic acids is 1. The van der Waals surface area contributed by atoms with Crippen molar-refractivity contribution in [3.05, 3.63) is 29.1 Å². The van der Waals surface area contributed by atoms with Crippen LogP contribution in [0.15, 0.2) is 12.3 Å². The molecule has 1 N–H and O–H groups in total. The third-order valence-electron chi connectivity index (χ3n) is 3.13. The number of aliphatic carboxylic acids is 1. The number of hydrogen-bond donors (Lipinski definition) is 1. The van der Waals surface area contributed by atoms with E-state index in [1.807, 2.05) is 6.20 Å². The zero-order valence-corrected chi connectivity index (χ0v) is 9.95. The Kier molecular flexibility index (Phi) is 2.49. The maximum absolute atomic E-state index is 10.9. The van der Waals surface area contributed by atoms with Gasteiger partial charge in [-0.15, -0.1) is 0 Å². The van der Waals surface area contributed by atoms with Gasteiger partial charge in [0.2, 0.25) is 0 Å². The summed E-state index contributed by atoms with van der Waals surface area (Å²) in [7, 11) is 0. The molecule has 1 atom stereocenters. The van der Waals surface area contributed by atoms with Crippen LogP contribution >= 0.6 is 0 Å². The van der Waals surface area contributed by atoms with Crippen molar-refractivity contribution in [3.63, 3.8) is 0 Å². The minimum atomic E-state index is -0.700. The first kappa shape index (κ1) is 11.1. The first-order valence-electron chi connectivity index (χ1n) is 5.59. The molecule has 0 saturated carbocycles. The van der Waals surface area contributed by atoms with Crippen LogP contribution in [-0.4, -0.2) is 16.1 Å². The number of nitrogens with zero attached hydrogens (tertiary/aromatic N) is 1. The molecule has 1 aromatic rings. The fourth-order valence-electron chi connectivity index (χ4n) is 2.09. The molecule has 0 aromatic carbocycles. The van der Waals surface area contributed by atoms with Gasteiger partial charge < -0.3 is 5.11 Å². The highest BCUT2D eigenvalue weighted by Gasteiger charge is 2.28. The molecule has 1 unspecified atom stereocenters. The van der Waals surface area contributed by atoms with Gasteiger partial charge in [-0.1, -0.05) is 20.8 Å². The van der Waals surface area contributed by atoms with Gasteiger partial charge in [0, 0.05) is 17.3 Å². The summed E-state index contributed by atoms with van der Waals surface area (Å²) in [5, 5.41) is 8.99. The van der Waals surface area contributed by atoms with Crippen LogP contribution < -0.4 is 0 Å². The number of aromatic nitrogens is 1. The molecular weight excluding hydrogens is 202 g/mol. The standard InChI is InChI=1S/C13H17NO2/c1-13(2,3)11-6-8-4-9(12(15)16)5-10(8)7-14-11/h6-7,9H,4-5H2,1-3H3,(H,15,16). The average Bonchev–Trinajstić information content (AvgIpc) is 2.58. The van der Waals surface area contributed by atoms with Gasteiger partial charge in [0.15, 0.2) is 0 Å². The molecule has 0 saturated heterocycles. The fourth-order valence-corrected chi connectivity index (χ4v) is 2.09. The summed E-state index contributed by atoms with van der Waals surface area (Å²) in [6, 6.07) is 2.07. The maximum Gasteiger partial charge on any atom is 0.307 e. The zero-order chi connectivity index (χ0) is 11.9. The fraction of sp³-hybridized carbons (Fsp3) is 0.538. The lowest BCUT2D eigenvalue weighted by atomic mass is 9.90. The smallest absolute Gasteiger partial charge is 0.307 e. The predicted octanol–water partition coefficient (Wildman–Crippen LogP) is 2.18. The molecule has 0 radical (unpaired) electrons. The number of carboxylic acid groups (broad SMARTS) is 1. The molecular formula is C13H17NO2. The van der Waals surface area contributed by atoms with Gasteiger partial charge in [-0.25, -0.2) is 0 Å². The van der Waals surface area contributed by atoms with Crippen molar-refractivity contribution in [2.24, 2.45) is 5.92 Å². The lowest BCUT2D eigenvalue weighted by Crippen LogP contribution is -2.14. The molecule has 1 heterocycles. The van der Waals surface area contributed by atoms with Crippen LogP contribution in [0.5, 0.6) is 0 Å². The second kappa shape index (κ2) is 3.58. The van der Waals surface area contributed by atoms with Gasteiger partial charge in [-0.05, 0) is 30.0 Å². The van der Waals surface area contributed by atoms with E-state index in [0.717, 1.165) is 16.8 Å². The monoisotopic (exact) mass is 219 g/mol. The molecule has 1 aliphatic carbocycles. The first-order valence-corrected chi connectivity index (χ1v) is 5.59. The Labute approximate surface area is 95.5 Å². The Morgan fingerprint density at radius 1 is 1.38 bits per heavy atom. The Balaban J connectivity index is 2.31. The highest BCUT2D eigenvalue weighted by molar-refractivity contribution is 5.72. The largest absolute Gasteiger partial charge is 0.481 e. The predicted molar refractivity (Wildman–Crippen MR) is 61.5 cm³/mol. The van der Waals surface area contributed by atoms with Gasteiger partial charge in [-0.2, -0.15) is 0 Å². The highest BCUT2D eigenvalue weighted by Crippen LogP contribution is 2.30. The van der Waals surface area contributed by atoms with Crippen LogP contribution in [0, 0.1) is 5.92 Å². The van der Waals surface area contributed by atoms with Gasteiger partial charge in [-0.3, -0.25) is 9.78 Å². The van der Waals surface area contributed by atoms with E-state index in [9.17, 15) is 4.79 Å². The van der Waals surface area contributed by atoms with Crippen molar-refractivity contribution in [1.82, 2.24) is 4.98 Å². The van der Waals surface area contributed by atoms with Crippen molar-refractivity contribution < 1.29 is 9.90 Å². The summed E-state index contributed by atoms with van der Waals surface area (Å²) in [6.45, 7) is 6.35. The minimum Gasteiger partial charge on any atom is -0.481 e. The molecule has 0 fully saturated rings. The SMILES string of the molecule is CC(C)(C)c1cc2c(cn1)CC(C(=O)O)C2. The minimum absolute atomic E-state index is 0.0241. The molecule has 1 aromatic heterocycles. The normalized spacial score (nSPS) is 19.6.